The number of para-hydroxylation sites is 2. The molecular formula is C17H21N5O3. The third-order valence-corrected chi connectivity index (χ3v) is 4.48. The fraction of sp³-hybridized carbons (Fsp3) is 0.471. The highest BCUT2D eigenvalue weighted by Crippen LogP contribution is 2.19. The first-order valence-corrected chi connectivity index (χ1v) is 8.52. The highest BCUT2D eigenvalue weighted by molar-refractivity contribution is 5.72. The molecule has 132 valence electrons. The molecule has 8 nitrogen and oxygen atoms in total. The van der Waals surface area contributed by atoms with Crippen molar-refractivity contribution in [2.24, 2.45) is 0 Å². The number of hydrogen-bond donors (Lipinski definition) is 1. The topological polar surface area (TPSA) is 89.2 Å². The zero-order valence-corrected chi connectivity index (χ0v) is 14.1. The second kappa shape index (κ2) is 6.81. The molecule has 2 aromatic heterocycles. The van der Waals surface area contributed by atoms with Crippen molar-refractivity contribution in [3.05, 3.63) is 46.5 Å². The van der Waals surface area contributed by atoms with Gasteiger partial charge in [0.1, 0.15) is 11.9 Å². The SMILES string of the molecule is Cc1nc([C@H]2CN(CCCn3c(=O)oc4ccccc43)CCO2)n[nH]1. The summed E-state index contributed by atoms with van der Waals surface area (Å²) in [5, 5.41) is 7.05. The highest BCUT2D eigenvalue weighted by atomic mass is 16.5. The fourth-order valence-electron chi connectivity index (χ4n) is 3.24. The van der Waals surface area contributed by atoms with Crippen molar-refractivity contribution in [2.75, 3.05) is 26.2 Å². The second-order valence-corrected chi connectivity index (χ2v) is 6.28. The molecule has 0 aliphatic carbocycles. The minimum Gasteiger partial charge on any atom is -0.408 e. The molecule has 1 saturated heterocycles. The molecule has 1 atom stereocenters. The van der Waals surface area contributed by atoms with Gasteiger partial charge in [-0.15, -0.1) is 0 Å². The Labute approximate surface area is 144 Å². The van der Waals surface area contributed by atoms with Crippen molar-refractivity contribution in [2.45, 2.75) is 26.0 Å². The monoisotopic (exact) mass is 343 g/mol. The largest absolute Gasteiger partial charge is 0.419 e. The minimum atomic E-state index is -0.294. The van der Waals surface area contributed by atoms with Gasteiger partial charge in [-0.1, -0.05) is 12.1 Å². The average Bonchev–Trinajstić information content (AvgIpc) is 3.19. The number of aromatic nitrogens is 4. The predicted molar refractivity (Wildman–Crippen MR) is 91.3 cm³/mol. The van der Waals surface area contributed by atoms with Gasteiger partial charge in [-0.25, -0.2) is 9.78 Å². The normalized spacial score (nSPS) is 18.8. The van der Waals surface area contributed by atoms with E-state index < -0.39 is 0 Å². The van der Waals surface area contributed by atoms with E-state index >= 15 is 0 Å². The van der Waals surface area contributed by atoms with Gasteiger partial charge in [0, 0.05) is 26.2 Å². The third kappa shape index (κ3) is 3.35. The van der Waals surface area contributed by atoms with Gasteiger partial charge in [0.15, 0.2) is 11.4 Å². The van der Waals surface area contributed by atoms with E-state index in [0.29, 0.717) is 24.6 Å². The molecule has 3 aromatic rings. The lowest BCUT2D eigenvalue weighted by atomic mass is 10.2. The maximum absolute atomic E-state index is 12.0. The van der Waals surface area contributed by atoms with Gasteiger partial charge in [-0.05, 0) is 25.5 Å². The van der Waals surface area contributed by atoms with Crippen molar-refractivity contribution in [1.29, 1.82) is 0 Å². The number of rotatable bonds is 5. The molecular weight excluding hydrogens is 322 g/mol. The first kappa shape index (κ1) is 16.0. The van der Waals surface area contributed by atoms with E-state index in [1.807, 2.05) is 31.2 Å². The van der Waals surface area contributed by atoms with E-state index in [1.54, 1.807) is 4.57 Å². The van der Waals surface area contributed by atoms with Crippen LogP contribution in [0.5, 0.6) is 0 Å². The molecule has 1 aliphatic heterocycles. The quantitative estimate of drug-likeness (QED) is 0.755. The van der Waals surface area contributed by atoms with Crippen LogP contribution in [-0.4, -0.2) is 50.9 Å². The summed E-state index contributed by atoms with van der Waals surface area (Å²) in [6.07, 6.45) is 0.764. The second-order valence-electron chi connectivity index (χ2n) is 6.28. The third-order valence-electron chi connectivity index (χ3n) is 4.48. The molecule has 0 unspecified atom stereocenters. The van der Waals surface area contributed by atoms with Gasteiger partial charge in [-0.3, -0.25) is 14.6 Å². The first-order chi connectivity index (χ1) is 12.2. The first-order valence-electron chi connectivity index (χ1n) is 8.52. The maximum Gasteiger partial charge on any atom is 0.419 e. The Morgan fingerprint density at radius 3 is 3.04 bits per heavy atom. The number of aromatic amines is 1. The van der Waals surface area contributed by atoms with Crippen LogP contribution >= 0.6 is 0 Å². The van der Waals surface area contributed by atoms with E-state index in [4.69, 9.17) is 9.15 Å². The summed E-state index contributed by atoms with van der Waals surface area (Å²) in [6, 6.07) is 7.52. The summed E-state index contributed by atoms with van der Waals surface area (Å²) in [6.45, 7) is 5.70. The van der Waals surface area contributed by atoms with Gasteiger partial charge in [0.05, 0.1) is 12.1 Å². The molecule has 8 heteroatoms. The molecule has 4 rings (SSSR count). The predicted octanol–water partition coefficient (Wildman–Crippen LogP) is 1.48. The van der Waals surface area contributed by atoms with Gasteiger partial charge in [0.25, 0.3) is 0 Å². The van der Waals surface area contributed by atoms with E-state index in [1.165, 1.54) is 0 Å². The number of morpholine rings is 1. The number of nitrogens with zero attached hydrogens (tertiary/aromatic N) is 4. The Hall–Kier alpha value is -2.45. The number of benzene rings is 1. The lowest BCUT2D eigenvalue weighted by Gasteiger charge is -2.31. The van der Waals surface area contributed by atoms with Gasteiger partial charge in [-0.2, -0.15) is 5.10 Å². The summed E-state index contributed by atoms with van der Waals surface area (Å²) in [5.74, 6) is 1.21. The summed E-state index contributed by atoms with van der Waals surface area (Å²) in [4.78, 5) is 18.7. The van der Waals surface area contributed by atoms with Crippen LogP contribution in [0.15, 0.2) is 33.5 Å². The summed E-state index contributed by atoms with van der Waals surface area (Å²) < 4.78 is 12.8. The number of ether oxygens (including phenoxy) is 1. The summed E-state index contributed by atoms with van der Waals surface area (Å²) in [5.41, 5.74) is 1.49. The Balaban J connectivity index is 1.36. The molecule has 1 aromatic carbocycles. The molecule has 0 bridgehead atoms. The van der Waals surface area contributed by atoms with Crippen LogP contribution < -0.4 is 5.76 Å². The van der Waals surface area contributed by atoms with Crippen LogP contribution in [0, 0.1) is 6.92 Å². The standard InChI is InChI=1S/C17H21N5O3/c1-12-18-16(20-19-12)15-11-21(9-10-24-15)7-4-8-22-13-5-2-3-6-14(13)25-17(22)23/h2-3,5-6,15H,4,7-11H2,1H3,(H,18,19,20)/t15-/m1/s1. The van der Waals surface area contributed by atoms with Gasteiger partial charge < -0.3 is 9.15 Å². The van der Waals surface area contributed by atoms with Crippen LogP contribution in [0.1, 0.15) is 24.2 Å². The molecule has 1 fully saturated rings. The highest BCUT2D eigenvalue weighted by Gasteiger charge is 2.24. The van der Waals surface area contributed by atoms with E-state index in [-0.39, 0.29) is 11.9 Å². The Morgan fingerprint density at radius 2 is 2.20 bits per heavy atom. The summed E-state index contributed by atoms with van der Waals surface area (Å²) in [7, 11) is 0. The molecule has 0 amide bonds. The number of nitrogens with one attached hydrogen (secondary N) is 1. The number of aryl methyl sites for hydroxylation is 2. The van der Waals surface area contributed by atoms with E-state index in [9.17, 15) is 4.79 Å². The number of H-pyrrole nitrogens is 1. The van der Waals surface area contributed by atoms with Crippen LogP contribution in [0.4, 0.5) is 0 Å². The lowest BCUT2D eigenvalue weighted by molar-refractivity contribution is -0.0346. The van der Waals surface area contributed by atoms with Crippen LogP contribution in [0.25, 0.3) is 11.1 Å². The number of oxazole rings is 1. The zero-order valence-electron chi connectivity index (χ0n) is 14.1. The van der Waals surface area contributed by atoms with Crippen LogP contribution in [0.3, 0.4) is 0 Å². The fourth-order valence-corrected chi connectivity index (χ4v) is 3.24. The average molecular weight is 343 g/mol. The Bertz CT molecular complexity index is 912. The van der Waals surface area contributed by atoms with Crippen molar-refractivity contribution in [3.8, 4) is 0 Å². The van der Waals surface area contributed by atoms with Crippen LogP contribution in [-0.2, 0) is 11.3 Å². The molecule has 1 N–H and O–H groups in total. The Morgan fingerprint density at radius 1 is 1.32 bits per heavy atom. The van der Waals surface area contributed by atoms with Gasteiger partial charge in [0.2, 0.25) is 0 Å². The lowest BCUT2D eigenvalue weighted by Crippen LogP contribution is -2.39. The number of fused-ring (bicyclic) bond motifs is 1. The smallest absolute Gasteiger partial charge is 0.408 e. The number of hydrogen-bond acceptors (Lipinski definition) is 6. The van der Waals surface area contributed by atoms with Crippen molar-refractivity contribution in [1.82, 2.24) is 24.6 Å². The molecule has 3 heterocycles. The maximum atomic E-state index is 12.0. The van der Waals surface area contributed by atoms with Crippen molar-refractivity contribution < 1.29 is 9.15 Å². The molecule has 25 heavy (non-hydrogen) atoms. The molecule has 1 aliphatic rings. The molecule has 0 spiro atoms. The molecule has 0 saturated carbocycles. The van der Waals surface area contributed by atoms with Crippen molar-refractivity contribution in [3.63, 3.8) is 0 Å². The van der Waals surface area contributed by atoms with Crippen molar-refractivity contribution >= 4 is 11.1 Å². The van der Waals surface area contributed by atoms with Gasteiger partial charge >= 0.3 is 5.76 Å². The van der Waals surface area contributed by atoms with E-state index in [2.05, 4.69) is 20.1 Å². The summed E-state index contributed by atoms with van der Waals surface area (Å²) >= 11 is 0. The van der Waals surface area contributed by atoms with E-state index in [0.717, 1.165) is 37.4 Å². The minimum absolute atomic E-state index is 0.101. The molecule has 0 radical (unpaired) electrons. The van der Waals surface area contributed by atoms with Crippen LogP contribution in [0.2, 0.25) is 0 Å². The Kier molecular flexibility index (Phi) is 4.37. The zero-order chi connectivity index (χ0) is 17.2.